The molecular weight excluding hydrogens is 354 g/mol. The van der Waals surface area contributed by atoms with E-state index in [0.29, 0.717) is 23.5 Å². The van der Waals surface area contributed by atoms with E-state index in [9.17, 15) is 14.4 Å². The third kappa shape index (κ3) is 4.73. The lowest BCUT2D eigenvalue weighted by molar-refractivity contribution is -0.114. The lowest BCUT2D eigenvalue weighted by Gasteiger charge is -2.11. The number of carbonyl (C=O) groups is 2. The van der Waals surface area contributed by atoms with E-state index in [1.807, 2.05) is 31.2 Å². The van der Waals surface area contributed by atoms with Crippen LogP contribution in [-0.2, 0) is 11.3 Å². The lowest BCUT2D eigenvalue weighted by Crippen LogP contribution is -2.23. The number of aromatic nitrogens is 1. The van der Waals surface area contributed by atoms with Gasteiger partial charge in [-0.1, -0.05) is 30.3 Å². The molecule has 0 aliphatic rings. The van der Waals surface area contributed by atoms with Gasteiger partial charge >= 0.3 is 0 Å². The van der Waals surface area contributed by atoms with Crippen LogP contribution in [0.1, 0.15) is 28.4 Å². The van der Waals surface area contributed by atoms with Crippen LogP contribution < -0.4 is 16.2 Å². The van der Waals surface area contributed by atoms with Crippen LogP contribution in [0.4, 0.5) is 11.4 Å². The Morgan fingerprint density at radius 1 is 0.929 bits per heavy atom. The van der Waals surface area contributed by atoms with Gasteiger partial charge in [-0.05, 0) is 42.3 Å². The summed E-state index contributed by atoms with van der Waals surface area (Å²) in [6, 6.07) is 17.6. The Balaban J connectivity index is 1.80. The van der Waals surface area contributed by atoms with Crippen molar-refractivity contribution < 1.29 is 9.59 Å². The van der Waals surface area contributed by atoms with Crippen LogP contribution in [-0.4, -0.2) is 16.4 Å². The fourth-order valence-electron chi connectivity index (χ4n) is 2.84. The minimum Gasteiger partial charge on any atom is -0.326 e. The summed E-state index contributed by atoms with van der Waals surface area (Å²) in [6.45, 7) is 3.80. The van der Waals surface area contributed by atoms with Crippen LogP contribution in [0.25, 0.3) is 0 Å². The normalized spacial score (nSPS) is 10.4. The van der Waals surface area contributed by atoms with Gasteiger partial charge in [-0.3, -0.25) is 14.4 Å². The van der Waals surface area contributed by atoms with Gasteiger partial charge in [0.15, 0.2) is 0 Å². The third-order valence-electron chi connectivity index (χ3n) is 4.29. The van der Waals surface area contributed by atoms with Crippen molar-refractivity contribution in [3.63, 3.8) is 0 Å². The Labute approximate surface area is 162 Å². The van der Waals surface area contributed by atoms with Crippen molar-refractivity contribution in [1.82, 2.24) is 4.57 Å². The number of benzene rings is 2. The number of amides is 2. The van der Waals surface area contributed by atoms with E-state index in [-0.39, 0.29) is 17.4 Å². The molecule has 3 aromatic rings. The molecule has 0 spiro atoms. The fraction of sp³-hybridized carbons (Fsp3) is 0.136. The van der Waals surface area contributed by atoms with Crippen LogP contribution in [0.15, 0.2) is 71.7 Å². The number of hydrogen-bond donors (Lipinski definition) is 2. The third-order valence-corrected chi connectivity index (χ3v) is 4.29. The molecule has 142 valence electrons. The molecule has 6 nitrogen and oxygen atoms in total. The van der Waals surface area contributed by atoms with E-state index < -0.39 is 0 Å². The highest BCUT2D eigenvalue weighted by atomic mass is 16.2. The zero-order chi connectivity index (χ0) is 20.1. The molecule has 1 heterocycles. The van der Waals surface area contributed by atoms with Crippen molar-refractivity contribution in [2.45, 2.75) is 20.4 Å². The van der Waals surface area contributed by atoms with E-state index in [1.165, 1.54) is 23.6 Å². The molecule has 28 heavy (non-hydrogen) atoms. The molecule has 0 aliphatic carbocycles. The number of pyridine rings is 1. The van der Waals surface area contributed by atoms with Gasteiger partial charge in [0, 0.05) is 30.6 Å². The SMILES string of the molecule is CC(=O)Nc1cccc(NC(=O)c2ccc(=O)n(Cc3ccccc3C)c2)c1. The average molecular weight is 375 g/mol. The van der Waals surface area contributed by atoms with E-state index >= 15 is 0 Å². The summed E-state index contributed by atoms with van der Waals surface area (Å²) in [5, 5.41) is 5.46. The van der Waals surface area contributed by atoms with E-state index in [0.717, 1.165) is 11.1 Å². The molecule has 1 aromatic heterocycles. The zero-order valence-electron chi connectivity index (χ0n) is 15.7. The summed E-state index contributed by atoms with van der Waals surface area (Å²) >= 11 is 0. The fourth-order valence-corrected chi connectivity index (χ4v) is 2.84. The average Bonchev–Trinajstić information content (AvgIpc) is 2.65. The molecule has 0 saturated heterocycles. The maximum absolute atomic E-state index is 12.6. The monoisotopic (exact) mass is 375 g/mol. The number of nitrogens with one attached hydrogen (secondary N) is 2. The second-order valence-electron chi connectivity index (χ2n) is 6.53. The number of aryl methyl sites for hydroxylation is 1. The molecule has 6 heteroatoms. The van der Waals surface area contributed by atoms with Gasteiger partial charge in [0.2, 0.25) is 5.91 Å². The molecule has 2 amide bonds. The highest BCUT2D eigenvalue weighted by Crippen LogP contribution is 2.16. The van der Waals surface area contributed by atoms with Crippen molar-refractivity contribution in [3.05, 3.63) is 93.9 Å². The lowest BCUT2D eigenvalue weighted by atomic mass is 10.1. The van der Waals surface area contributed by atoms with Crippen molar-refractivity contribution in [1.29, 1.82) is 0 Å². The van der Waals surface area contributed by atoms with Gasteiger partial charge in [-0.15, -0.1) is 0 Å². The topological polar surface area (TPSA) is 80.2 Å². The largest absolute Gasteiger partial charge is 0.326 e. The molecule has 0 aliphatic heterocycles. The molecular formula is C22H21N3O3. The number of hydrogen-bond acceptors (Lipinski definition) is 3. The van der Waals surface area contributed by atoms with E-state index in [4.69, 9.17) is 0 Å². The number of nitrogens with zero attached hydrogens (tertiary/aromatic N) is 1. The number of carbonyl (C=O) groups excluding carboxylic acids is 2. The van der Waals surface area contributed by atoms with Gasteiger partial charge in [0.25, 0.3) is 11.5 Å². The summed E-state index contributed by atoms with van der Waals surface area (Å²) in [5.41, 5.74) is 3.44. The molecule has 0 saturated carbocycles. The minimum absolute atomic E-state index is 0.174. The molecule has 2 aromatic carbocycles. The quantitative estimate of drug-likeness (QED) is 0.717. The smallest absolute Gasteiger partial charge is 0.257 e. The maximum Gasteiger partial charge on any atom is 0.257 e. The summed E-state index contributed by atoms with van der Waals surface area (Å²) in [6.07, 6.45) is 1.56. The summed E-state index contributed by atoms with van der Waals surface area (Å²) in [4.78, 5) is 36.0. The summed E-state index contributed by atoms with van der Waals surface area (Å²) in [5.74, 6) is -0.523. The van der Waals surface area contributed by atoms with Crippen LogP contribution in [0.5, 0.6) is 0 Å². The van der Waals surface area contributed by atoms with Crippen molar-refractivity contribution >= 4 is 23.2 Å². The van der Waals surface area contributed by atoms with Crippen LogP contribution in [0, 0.1) is 6.92 Å². The van der Waals surface area contributed by atoms with Crippen molar-refractivity contribution in [3.8, 4) is 0 Å². The van der Waals surface area contributed by atoms with E-state index in [2.05, 4.69) is 10.6 Å². The Morgan fingerprint density at radius 3 is 2.36 bits per heavy atom. The Morgan fingerprint density at radius 2 is 1.64 bits per heavy atom. The van der Waals surface area contributed by atoms with Gasteiger partial charge in [0.1, 0.15) is 0 Å². The molecule has 0 unspecified atom stereocenters. The van der Waals surface area contributed by atoms with Crippen molar-refractivity contribution in [2.24, 2.45) is 0 Å². The number of rotatable bonds is 5. The van der Waals surface area contributed by atoms with Gasteiger partial charge in [-0.25, -0.2) is 0 Å². The number of anilines is 2. The first-order valence-corrected chi connectivity index (χ1v) is 8.86. The maximum atomic E-state index is 12.6. The first-order chi connectivity index (χ1) is 13.4. The van der Waals surface area contributed by atoms with Gasteiger partial charge in [0.05, 0.1) is 12.1 Å². The molecule has 0 radical (unpaired) electrons. The predicted octanol–water partition coefficient (Wildman–Crippen LogP) is 3.42. The second kappa shape index (κ2) is 8.35. The van der Waals surface area contributed by atoms with Gasteiger partial charge in [-0.2, -0.15) is 0 Å². The molecule has 3 rings (SSSR count). The summed E-state index contributed by atoms with van der Waals surface area (Å²) < 4.78 is 1.52. The first kappa shape index (κ1) is 19.1. The standard InChI is InChI=1S/C22H21N3O3/c1-15-6-3-4-7-17(15)13-25-14-18(10-11-21(25)27)22(28)24-20-9-5-8-19(12-20)23-16(2)26/h3-12,14H,13H2,1-2H3,(H,23,26)(H,24,28). The summed E-state index contributed by atoms with van der Waals surface area (Å²) in [7, 11) is 0. The minimum atomic E-state index is -0.335. The van der Waals surface area contributed by atoms with E-state index in [1.54, 1.807) is 30.5 Å². The van der Waals surface area contributed by atoms with Gasteiger partial charge < -0.3 is 15.2 Å². The second-order valence-corrected chi connectivity index (χ2v) is 6.53. The zero-order valence-corrected chi connectivity index (χ0v) is 15.7. The molecule has 0 fully saturated rings. The first-order valence-electron chi connectivity index (χ1n) is 8.86. The molecule has 2 N–H and O–H groups in total. The molecule has 0 atom stereocenters. The Hall–Kier alpha value is -3.67. The highest BCUT2D eigenvalue weighted by molar-refractivity contribution is 6.04. The molecule has 0 bridgehead atoms. The predicted molar refractivity (Wildman–Crippen MR) is 110 cm³/mol. The highest BCUT2D eigenvalue weighted by Gasteiger charge is 2.10. The van der Waals surface area contributed by atoms with Crippen LogP contribution in [0.3, 0.4) is 0 Å². The van der Waals surface area contributed by atoms with Crippen molar-refractivity contribution in [2.75, 3.05) is 10.6 Å². The Kier molecular flexibility index (Phi) is 5.69. The van der Waals surface area contributed by atoms with Crippen LogP contribution >= 0.6 is 0 Å². The Bertz CT molecular complexity index is 1090. The van der Waals surface area contributed by atoms with Crippen LogP contribution in [0.2, 0.25) is 0 Å².